The Morgan fingerprint density at radius 2 is 1.28 bits per heavy atom. The number of aryl methyl sites for hydroxylation is 1. The molecule has 0 fully saturated rings. The normalized spacial score (nSPS) is 11.4. The maximum Gasteiger partial charge on any atom is 0.341 e. The minimum absolute atomic E-state index is 0.196. The molecule has 0 amide bonds. The third-order valence-electron chi connectivity index (χ3n) is 9.00. The first-order valence-corrected chi connectivity index (χ1v) is 16.7. The molecule has 0 radical (unpaired) electrons. The van der Waals surface area contributed by atoms with Gasteiger partial charge in [0.05, 0.1) is 0 Å². The van der Waals surface area contributed by atoms with E-state index in [1.165, 1.54) is 0 Å². The van der Waals surface area contributed by atoms with Gasteiger partial charge in [-0.15, -0.1) is 5.10 Å². The van der Waals surface area contributed by atoms with Crippen molar-refractivity contribution in [2.45, 2.75) is 25.4 Å². The highest BCUT2D eigenvalue weighted by atomic mass is 16.4. The first kappa shape index (κ1) is 32.2. The molecule has 9 nitrogen and oxygen atoms in total. The molecule has 0 saturated carbocycles. The number of tetrazole rings is 1. The van der Waals surface area contributed by atoms with E-state index in [1.807, 2.05) is 76.3 Å². The second kappa shape index (κ2) is 14.0. The van der Waals surface area contributed by atoms with Gasteiger partial charge in [-0.05, 0) is 50.2 Å². The fourth-order valence-electron chi connectivity index (χ4n) is 6.82. The Labute approximate surface area is 291 Å². The molecular weight excluding hydrogens is 622 g/mol. The van der Waals surface area contributed by atoms with Gasteiger partial charge in [-0.25, -0.2) is 9.48 Å². The minimum atomic E-state index is -0.987. The zero-order valence-corrected chi connectivity index (χ0v) is 28.0. The molecule has 5 aromatic carbocycles. The lowest BCUT2D eigenvalue weighted by Crippen LogP contribution is -2.39. The standard InChI is InChI=1S/C41H37N7O2/c1-3-27-47(39-37(40(49)50)29-46(2)43-39)28-30-23-25-31(26-24-30)35-21-13-14-22-36(35)38-42-44-45-48(38)41(32-15-7-4-8-16-32,33-17-9-5-10-18-33)34-19-11-6-12-20-34/h4-26,29H,3,27-28H2,1-2H3,(H,49,50). The van der Waals surface area contributed by atoms with Crippen LogP contribution in [0.2, 0.25) is 0 Å². The van der Waals surface area contributed by atoms with E-state index in [1.54, 1.807) is 17.9 Å². The summed E-state index contributed by atoms with van der Waals surface area (Å²) in [4.78, 5) is 14.0. The Balaban J connectivity index is 1.32. The molecule has 0 aliphatic rings. The maximum atomic E-state index is 12.0. The van der Waals surface area contributed by atoms with Crippen LogP contribution in [0.1, 0.15) is 46.0 Å². The van der Waals surface area contributed by atoms with Gasteiger partial charge in [0.1, 0.15) is 11.1 Å². The molecule has 0 aliphatic heterocycles. The van der Waals surface area contributed by atoms with Gasteiger partial charge < -0.3 is 10.0 Å². The average molecular weight is 660 g/mol. The van der Waals surface area contributed by atoms with Gasteiger partial charge in [0.2, 0.25) is 0 Å². The zero-order chi connectivity index (χ0) is 34.5. The van der Waals surface area contributed by atoms with Crippen LogP contribution < -0.4 is 4.90 Å². The topological polar surface area (TPSA) is 102 Å². The molecule has 0 unspecified atom stereocenters. The van der Waals surface area contributed by atoms with Crippen LogP contribution in [0.15, 0.2) is 146 Å². The Bertz CT molecular complexity index is 2100. The second-order valence-electron chi connectivity index (χ2n) is 12.2. The van der Waals surface area contributed by atoms with E-state index >= 15 is 0 Å². The number of rotatable bonds is 12. The van der Waals surface area contributed by atoms with E-state index < -0.39 is 11.5 Å². The van der Waals surface area contributed by atoms with Crippen LogP contribution in [0.5, 0.6) is 0 Å². The van der Waals surface area contributed by atoms with Crippen molar-refractivity contribution >= 4 is 11.8 Å². The third kappa shape index (κ3) is 5.94. The largest absolute Gasteiger partial charge is 0.477 e. The van der Waals surface area contributed by atoms with E-state index in [-0.39, 0.29) is 5.56 Å². The van der Waals surface area contributed by atoms with Crippen LogP contribution in [0, 0.1) is 0 Å². The molecule has 0 saturated heterocycles. The summed E-state index contributed by atoms with van der Waals surface area (Å²) >= 11 is 0. The van der Waals surface area contributed by atoms with Gasteiger partial charge in [0, 0.05) is 31.9 Å². The van der Waals surface area contributed by atoms with Gasteiger partial charge in [-0.3, -0.25) is 4.68 Å². The smallest absolute Gasteiger partial charge is 0.341 e. The van der Waals surface area contributed by atoms with Crippen LogP contribution in [-0.4, -0.2) is 47.6 Å². The lowest BCUT2D eigenvalue weighted by molar-refractivity contribution is 0.0697. The first-order chi connectivity index (χ1) is 24.5. The summed E-state index contributed by atoms with van der Waals surface area (Å²) < 4.78 is 3.51. The molecule has 9 heteroatoms. The van der Waals surface area contributed by atoms with Crippen molar-refractivity contribution < 1.29 is 9.90 Å². The molecule has 0 aliphatic carbocycles. The van der Waals surface area contributed by atoms with Crippen molar-refractivity contribution in [2.24, 2.45) is 7.05 Å². The van der Waals surface area contributed by atoms with E-state index in [0.717, 1.165) is 45.4 Å². The third-order valence-corrected chi connectivity index (χ3v) is 9.00. The Hall–Kier alpha value is -6.35. The molecule has 248 valence electrons. The number of carbonyl (C=O) groups is 1. The number of hydrogen-bond donors (Lipinski definition) is 1. The van der Waals surface area contributed by atoms with Crippen molar-refractivity contribution in [2.75, 3.05) is 11.4 Å². The maximum absolute atomic E-state index is 12.0. The van der Waals surface area contributed by atoms with Crippen LogP contribution in [0.4, 0.5) is 5.82 Å². The number of benzene rings is 5. The van der Waals surface area contributed by atoms with Crippen LogP contribution in [-0.2, 0) is 19.1 Å². The van der Waals surface area contributed by atoms with Gasteiger partial charge in [0.15, 0.2) is 11.6 Å². The zero-order valence-electron chi connectivity index (χ0n) is 28.0. The minimum Gasteiger partial charge on any atom is -0.477 e. The molecule has 7 aromatic rings. The first-order valence-electron chi connectivity index (χ1n) is 16.7. The van der Waals surface area contributed by atoms with Gasteiger partial charge >= 0.3 is 5.97 Å². The number of hydrogen-bond acceptors (Lipinski definition) is 6. The molecule has 2 heterocycles. The van der Waals surface area contributed by atoms with Crippen molar-refractivity contribution in [1.82, 2.24) is 30.0 Å². The van der Waals surface area contributed by atoms with Gasteiger partial charge in [0.25, 0.3) is 0 Å². The van der Waals surface area contributed by atoms with Crippen LogP contribution >= 0.6 is 0 Å². The summed E-state index contributed by atoms with van der Waals surface area (Å²) in [5, 5.41) is 28.0. The van der Waals surface area contributed by atoms with Gasteiger partial charge in [-0.1, -0.05) is 146 Å². The molecule has 0 bridgehead atoms. The monoisotopic (exact) mass is 659 g/mol. The molecule has 1 N–H and O–H groups in total. The molecule has 0 atom stereocenters. The van der Waals surface area contributed by atoms with Crippen LogP contribution in [0.3, 0.4) is 0 Å². The summed E-state index contributed by atoms with van der Waals surface area (Å²) in [5.41, 5.74) is 6.35. The number of aromatic nitrogens is 6. The Morgan fingerprint density at radius 3 is 1.82 bits per heavy atom. The molecule has 50 heavy (non-hydrogen) atoms. The van der Waals surface area contributed by atoms with E-state index in [4.69, 9.17) is 5.21 Å². The number of aromatic carboxylic acids is 1. The van der Waals surface area contributed by atoms with Crippen molar-refractivity contribution in [1.29, 1.82) is 0 Å². The van der Waals surface area contributed by atoms with Crippen molar-refractivity contribution in [3.63, 3.8) is 0 Å². The summed E-state index contributed by atoms with van der Waals surface area (Å²) in [6.45, 7) is 3.28. The number of carboxylic acid groups (broad SMARTS) is 1. The van der Waals surface area contributed by atoms with Crippen LogP contribution in [0.25, 0.3) is 22.5 Å². The summed E-state index contributed by atoms with van der Waals surface area (Å²) in [6, 6.07) is 47.7. The van der Waals surface area contributed by atoms with Gasteiger partial charge in [-0.2, -0.15) is 5.10 Å². The summed E-state index contributed by atoms with van der Waals surface area (Å²) in [6.07, 6.45) is 2.41. The fourth-order valence-corrected chi connectivity index (χ4v) is 6.82. The Kier molecular flexibility index (Phi) is 9.03. The average Bonchev–Trinajstić information content (AvgIpc) is 3.81. The lowest BCUT2D eigenvalue weighted by atomic mass is 9.77. The van der Waals surface area contributed by atoms with Crippen molar-refractivity contribution in [3.8, 4) is 22.5 Å². The summed E-state index contributed by atoms with van der Waals surface area (Å²) in [5.74, 6) is 0.118. The van der Waals surface area contributed by atoms with E-state index in [0.29, 0.717) is 24.7 Å². The quantitative estimate of drug-likeness (QED) is 0.134. The molecular formula is C41H37N7O2. The fraction of sp³-hybridized carbons (Fsp3) is 0.146. The highest BCUT2D eigenvalue weighted by molar-refractivity contribution is 5.93. The van der Waals surface area contributed by atoms with Crippen molar-refractivity contribution in [3.05, 3.63) is 174 Å². The molecule has 7 rings (SSSR count). The highest BCUT2D eigenvalue weighted by Gasteiger charge is 2.42. The molecule has 0 spiro atoms. The lowest BCUT2D eigenvalue weighted by Gasteiger charge is -2.36. The highest BCUT2D eigenvalue weighted by Crippen LogP contribution is 2.43. The number of nitrogens with zero attached hydrogens (tertiary/aromatic N) is 7. The number of anilines is 1. The number of carboxylic acids is 1. The summed E-state index contributed by atoms with van der Waals surface area (Å²) in [7, 11) is 1.74. The SMILES string of the molecule is CCCN(Cc1ccc(-c2ccccc2-c2nnnn2C(c2ccccc2)(c2ccccc2)c2ccccc2)cc1)c1nn(C)cc1C(=O)O. The molecule has 2 aromatic heterocycles. The second-order valence-corrected chi connectivity index (χ2v) is 12.2. The predicted molar refractivity (Wildman–Crippen MR) is 195 cm³/mol. The van der Waals surface area contributed by atoms with E-state index in [9.17, 15) is 9.90 Å². The van der Waals surface area contributed by atoms with E-state index in [2.05, 4.69) is 95.1 Å². The predicted octanol–water partition coefficient (Wildman–Crippen LogP) is 7.70. The Morgan fingerprint density at radius 1 is 0.740 bits per heavy atom.